The van der Waals surface area contributed by atoms with E-state index in [0.717, 1.165) is 37.2 Å². The van der Waals surface area contributed by atoms with Crippen molar-refractivity contribution >= 4 is 17.7 Å². The van der Waals surface area contributed by atoms with Gasteiger partial charge >= 0.3 is 0 Å². The molecule has 0 saturated carbocycles. The second-order valence-corrected chi connectivity index (χ2v) is 9.84. The molecule has 3 rings (SSSR count). The van der Waals surface area contributed by atoms with Gasteiger partial charge in [0.1, 0.15) is 5.82 Å². The Hall–Kier alpha value is -3.26. The topological polar surface area (TPSA) is 63.3 Å². The fourth-order valence-corrected chi connectivity index (χ4v) is 4.64. The summed E-state index contributed by atoms with van der Waals surface area (Å²) < 4.78 is 30.4. The lowest BCUT2D eigenvalue weighted by Crippen LogP contribution is -2.53. The maximum Gasteiger partial charge on any atom is 0.258 e. The molecule has 0 atom stereocenters. The number of unbranched alkanes of at least 4 members (excludes halogenated alkanes) is 7. The summed E-state index contributed by atoms with van der Waals surface area (Å²) in [5.41, 5.74) is 4.69. The third-order valence-electron chi connectivity index (χ3n) is 6.89. The fraction of sp³-hybridized carbons (Fsp3) is 0.516. The summed E-state index contributed by atoms with van der Waals surface area (Å²) >= 11 is 0. The zero-order valence-corrected chi connectivity index (χ0v) is 23.7. The molecule has 1 saturated heterocycles. The van der Waals surface area contributed by atoms with Crippen LogP contribution in [0.25, 0.3) is 6.08 Å². The van der Waals surface area contributed by atoms with Crippen LogP contribution in [0.1, 0.15) is 63.9 Å². The molecule has 1 aliphatic rings. The number of halogens is 1. The van der Waals surface area contributed by atoms with Crippen LogP contribution in [0.2, 0.25) is 0 Å². The SMILES string of the molecule is CCCCCCCCCCOc1c(OC)cc(/C=C/C(=O)NN2CCN(c3ccc(F)cc3)CC2)cc1OC. The van der Waals surface area contributed by atoms with Gasteiger partial charge in [0.15, 0.2) is 11.5 Å². The average molecular weight is 542 g/mol. The van der Waals surface area contributed by atoms with Gasteiger partial charge < -0.3 is 19.1 Å². The maximum absolute atomic E-state index is 13.2. The predicted octanol–water partition coefficient (Wildman–Crippen LogP) is 6.23. The third-order valence-corrected chi connectivity index (χ3v) is 6.89. The molecule has 0 aromatic heterocycles. The zero-order chi connectivity index (χ0) is 27.9. The Morgan fingerprint density at radius 3 is 2.08 bits per heavy atom. The van der Waals surface area contributed by atoms with Gasteiger partial charge in [0.25, 0.3) is 5.91 Å². The average Bonchev–Trinajstić information content (AvgIpc) is 2.96. The number of amides is 1. The first-order valence-electron chi connectivity index (χ1n) is 14.2. The second kappa shape index (κ2) is 16.6. The number of anilines is 1. The zero-order valence-electron chi connectivity index (χ0n) is 23.7. The van der Waals surface area contributed by atoms with Crippen molar-refractivity contribution in [2.45, 2.75) is 58.3 Å². The van der Waals surface area contributed by atoms with Crippen molar-refractivity contribution in [1.82, 2.24) is 10.4 Å². The number of hydrogen-bond acceptors (Lipinski definition) is 6. The number of nitrogens with zero attached hydrogens (tertiary/aromatic N) is 2. The lowest BCUT2D eigenvalue weighted by atomic mass is 10.1. The van der Waals surface area contributed by atoms with Crippen LogP contribution in [0.15, 0.2) is 42.5 Å². The van der Waals surface area contributed by atoms with Crippen LogP contribution in [-0.4, -0.2) is 57.9 Å². The number of methoxy groups -OCH3 is 2. The van der Waals surface area contributed by atoms with E-state index in [2.05, 4.69) is 17.2 Å². The first kappa shape index (κ1) is 30.3. The number of ether oxygens (including phenoxy) is 3. The molecule has 0 unspecified atom stereocenters. The molecule has 1 aliphatic heterocycles. The Bertz CT molecular complexity index is 1010. The molecule has 39 heavy (non-hydrogen) atoms. The van der Waals surface area contributed by atoms with E-state index in [9.17, 15) is 9.18 Å². The maximum atomic E-state index is 13.2. The highest BCUT2D eigenvalue weighted by Gasteiger charge is 2.18. The largest absolute Gasteiger partial charge is 0.493 e. The minimum atomic E-state index is -0.243. The van der Waals surface area contributed by atoms with E-state index in [0.29, 0.717) is 36.9 Å². The number of carbonyl (C=O) groups excluding carboxylic acids is 1. The summed E-state index contributed by atoms with van der Waals surface area (Å²) in [6.45, 7) is 5.66. The number of hydrazine groups is 1. The molecule has 214 valence electrons. The molecule has 1 amide bonds. The monoisotopic (exact) mass is 541 g/mol. The molecule has 0 radical (unpaired) electrons. The molecule has 1 heterocycles. The van der Waals surface area contributed by atoms with Crippen LogP contribution in [0.5, 0.6) is 17.2 Å². The number of hydrogen-bond donors (Lipinski definition) is 1. The molecule has 7 nitrogen and oxygen atoms in total. The highest BCUT2D eigenvalue weighted by atomic mass is 19.1. The van der Waals surface area contributed by atoms with Gasteiger partial charge in [-0.15, -0.1) is 0 Å². The Morgan fingerprint density at radius 1 is 0.897 bits per heavy atom. The Labute approximate surface area is 232 Å². The van der Waals surface area contributed by atoms with Crippen LogP contribution >= 0.6 is 0 Å². The number of piperazine rings is 1. The Morgan fingerprint density at radius 2 is 1.49 bits per heavy atom. The van der Waals surface area contributed by atoms with Crippen molar-refractivity contribution in [3.63, 3.8) is 0 Å². The third kappa shape index (κ3) is 10.1. The van der Waals surface area contributed by atoms with Crippen molar-refractivity contribution in [2.24, 2.45) is 0 Å². The van der Waals surface area contributed by atoms with E-state index >= 15 is 0 Å². The number of rotatable bonds is 16. The van der Waals surface area contributed by atoms with Gasteiger partial charge in [0.2, 0.25) is 5.75 Å². The molecular formula is C31H44FN3O4. The van der Waals surface area contributed by atoms with Gasteiger partial charge in [-0.05, 0) is 54.5 Å². The van der Waals surface area contributed by atoms with Gasteiger partial charge in [0.05, 0.1) is 20.8 Å². The molecule has 2 aromatic carbocycles. The molecule has 1 N–H and O–H groups in total. The quantitative estimate of drug-likeness (QED) is 0.201. The number of nitrogens with one attached hydrogen (secondary N) is 1. The van der Waals surface area contributed by atoms with Crippen molar-refractivity contribution in [3.05, 3.63) is 53.9 Å². The van der Waals surface area contributed by atoms with Crippen LogP contribution < -0.4 is 24.5 Å². The summed E-state index contributed by atoms with van der Waals surface area (Å²) in [6, 6.07) is 10.2. The first-order valence-corrected chi connectivity index (χ1v) is 14.2. The van der Waals surface area contributed by atoms with Gasteiger partial charge in [-0.25, -0.2) is 9.40 Å². The smallest absolute Gasteiger partial charge is 0.258 e. The summed E-state index contributed by atoms with van der Waals surface area (Å²) in [7, 11) is 3.20. The van der Waals surface area contributed by atoms with Gasteiger partial charge in [0, 0.05) is 37.9 Å². The Kier molecular flexibility index (Phi) is 12.9. The summed E-state index contributed by atoms with van der Waals surface area (Å²) in [5.74, 6) is 1.28. The first-order chi connectivity index (χ1) is 19.0. The van der Waals surface area contributed by atoms with E-state index in [-0.39, 0.29) is 11.7 Å². The van der Waals surface area contributed by atoms with Crippen LogP contribution in [0, 0.1) is 5.82 Å². The summed E-state index contributed by atoms with van der Waals surface area (Å²) in [6.07, 6.45) is 13.1. The highest BCUT2D eigenvalue weighted by molar-refractivity contribution is 5.91. The number of benzene rings is 2. The van der Waals surface area contributed by atoms with Crippen molar-refractivity contribution in [2.75, 3.05) is 51.9 Å². The molecule has 8 heteroatoms. The van der Waals surface area contributed by atoms with E-state index < -0.39 is 0 Å². The molecular weight excluding hydrogens is 497 g/mol. The molecule has 0 aliphatic carbocycles. The van der Waals surface area contributed by atoms with Crippen LogP contribution in [0.3, 0.4) is 0 Å². The van der Waals surface area contributed by atoms with Crippen molar-refractivity contribution < 1.29 is 23.4 Å². The van der Waals surface area contributed by atoms with Crippen LogP contribution in [-0.2, 0) is 4.79 Å². The Balaban J connectivity index is 1.46. The van der Waals surface area contributed by atoms with E-state index in [1.165, 1.54) is 56.7 Å². The second-order valence-electron chi connectivity index (χ2n) is 9.84. The van der Waals surface area contributed by atoms with Gasteiger partial charge in [-0.3, -0.25) is 10.2 Å². The lowest BCUT2D eigenvalue weighted by molar-refractivity contribution is -0.121. The number of carbonyl (C=O) groups is 1. The van der Waals surface area contributed by atoms with Crippen LogP contribution in [0.4, 0.5) is 10.1 Å². The molecule has 0 bridgehead atoms. The van der Waals surface area contributed by atoms with E-state index in [4.69, 9.17) is 14.2 Å². The fourth-order valence-electron chi connectivity index (χ4n) is 4.64. The van der Waals surface area contributed by atoms with Gasteiger partial charge in [-0.1, -0.05) is 51.9 Å². The van der Waals surface area contributed by atoms with Crippen molar-refractivity contribution in [1.29, 1.82) is 0 Å². The minimum absolute atomic E-state index is 0.210. The van der Waals surface area contributed by atoms with E-state index in [1.54, 1.807) is 32.4 Å². The lowest BCUT2D eigenvalue weighted by Gasteiger charge is -2.35. The summed E-state index contributed by atoms with van der Waals surface area (Å²) in [4.78, 5) is 14.7. The molecule has 2 aromatic rings. The standard InChI is InChI=1S/C31H44FN3O4/c1-4-5-6-7-8-9-10-11-22-39-31-28(37-2)23-25(24-29(31)38-3)12-17-30(36)33-35-20-18-34(19-21-35)27-15-13-26(32)14-16-27/h12-17,23-24H,4-11,18-22H2,1-3H3,(H,33,36)/b17-12+. The highest BCUT2D eigenvalue weighted by Crippen LogP contribution is 2.39. The predicted molar refractivity (Wildman–Crippen MR) is 155 cm³/mol. The molecule has 1 fully saturated rings. The minimum Gasteiger partial charge on any atom is -0.493 e. The normalized spacial score (nSPS) is 14.0. The summed E-state index contributed by atoms with van der Waals surface area (Å²) in [5, 5.41) is 1.90. The molecule has 0 spiro atoms. The van der Waals surface area contributed by atoms with Crippen molar-refractivity contribution in [3.8, 4) is 17.2 Å². The van der Waals surface area contributed by atoms with E-state index in [1.807, 2.05) is 17.1 Å². The van der Waals surface area contributed by atoms with Gasteiger partial charge in [-0.2, -0.15) is 0 Å².